The van der Waals surface area contributed by atoms with Crippen molar-refractivity contribution in [2.75, 3.05) is 7.11 Å². The molecule has 0 spiro atoms. The molecule has 1 aromatic carbocycles. The topological polar surface area (TPSA) is 90.5 Å². The molecule has 30 heavy (non-hydrogen) atoms. The molecule has 0 unspecified atom stereocenters. The molecular weight excluding hydrogens is 404 g/mol. The Balaban J connectivity index is 1.97. The number of carbonyl (C=O) groups is 1. The number of nitrogens with two attached hydrogens (primary N) is 1. The third kappa shape index (κ3) is 3.73. The van der Waals surface area contributed by atoms with Crippen LogP contribution in [0.1, 0.15) is 42.0 Å². The summed E-state index contributed by atoms with van der Waals surface area (Å²) in [6.45, 7) is 1.89. The van der Waals surface area contributed by atoms with Crippen molar-refractivity contribution in [3.05, 3.63) is 53.4 Å². The van der Waals surface area contributed by atoms with E-state index in [2.05, 4.69) is 15.0 Å². The minimum Gasteiger partial charge on any atom is -0.494 e. The molecule has 2 heterocycles. The molecule has 2 N–H and O–H groups in total. The zero-order valence-corrected chi connectivity index (χ0v) is 16.5. The molecule has 0 radical (unpaired) electrons. The van der Waals surface area contributed by atoms with Crippen molar-refractivity contribution in [1.29, 1.82) is 0 Å². The first-order chi connectivity index (χ1) is 13.9. The molecule has 0 saturated carbocycles. The minimum atomic E-state index is -3.72. The molecule has 6 nitrogen and oxygen atoms in total. The third-order valence-corrected chi connectivity index (χ3v) is 5.18. The van der Waals surface area contributed by atoms with Crippen LogP contribution in [0.25, 0.3) is 0 Å². The lowest BCUT2D eigenvalue weighted by Crippen LogP contribution is -2.56. The lowest BCUT2D eigenvalue weighted by molar-refractivity contribution is -0.106. The lowest BCUT2D eigenvalue weighted by atomic mass is 9.77. The quantitative estimate of drug-likeness (QED) is 0.587. The maximum absolute atomic E-state index is 14.9. The van der Waals surface area contributed by atoms with Gasteiger partial charge in [0.2, 0.25) is 5.78 Å². The monoisotopic (exact) mass is 424 g/mol. The van der Waals surface area contributed by atoms with Crippen LogP contribution >= 0.6 is 0 Å². The summed E-state index contributed by atoms with van der Waals surface area (Å²) in [5.41, 5.74) is 0.376. The largest absolute Gasteiger partial charge is 0.494 e. The summed E-state index contributed by atoms with van der Waals surface area (Å²) in [4.78, 5) is 23.8. The molecule has 0 bridgehead atoms. The standard InChI is InChI=1S/C20H20F4N4O2/c1-18(22)10-20(23,24)19(2,28-17(18)25)13-6-11(4-5-14(13)21)7-15(29)16-26-8-12(30-3)9-27-16/h4-6,8-9H,7,10H2,1-3H3,(H2,25,28)/t18-,19+/m0/s1. The molecule has 0 amide bonds. The van der Waals surface area contributed by atoms with E-state index in [-0.39, 0.29) is 17.8 Å². The Hall–Kier alpha value is -3.04. The number of benzene rings is 1. The number of methoxy groups -OCH3 is 1. The molecule has 160 valence electrons. The van der Waals surface area contributed by atoms with Gasteiger partial charge in [-0.15, -0.1) is 0 Å². The maximum atomic E-state index is 14.9. The van der Waals surface area contributed by atoms with Crippen LogP contribution in [0.4, 0.5) is 17.6 Å². The number of hydrogen-bond acceptors (Lipinski definition) is 6. The maximum Gasteiger partial charge on any atom is 0.280 e. The van der Waals surface area contributed by atoms with Gasteiger partial charge in [-0.05, 0) is 31.5 Å². The molecule has 2 atom stereocenters. The van der Waals surface area contributed by atoms with Crippen molar-refractivity contribution < 1.29 is 27.1 Å². The molecule has 0 fully saturated rings. The number of halogens is 4. The second-order valence-corrected chi connectivity index (χ2v) is 7.51. The highest BCUT2D eigenvalue weighted by Gasteiger charge is 2.60. The minimum absolute atomic E-state index is 0.105. The fourth-order valence-corrected chi connectivity index (χ4v) is 3.26. The zero-order valence-electron chi connectivity index (χ0n) is 16.5. The van der Waals surface area contributed by atoms with E-state index < -0.39 is 46.6 Å². The number of nitrogens with zero attached hydrogens (tertiary/aromatic N) is 3. The van der Waals surface area contributed by atoms with Crippen LogP contribution in [0.3, 0.4) is 0 Å². The number of carbonyl (C=O) groups excluding carboxylic acids is 1. The average molecular weight is 424 g/mol. The van der Waals surface area contributed by atoms with Crippen LogP contribution in [0.2, 0.25) is 0 Å². The number of ether oxygens (including phenoxy) is 1. The van der Waals surface area contributed by atoms with E-state index in [0.29, 0.717) is 5.75 Å². The molecular formula is C20H20F4N4O2. The van der Waals surface area contributed by atoms with E-state index in [1.54, 1.807) is 0 Å². The van der Waals surface area contributed by atoms with Crippen molar-refractivity contribution in [2.24, 2.45) is 10.7 Å². The SMILES string of the molecule is COc1cnc(C(=O)Cc2ccc(F)c([C@@]3(C)N=C(N)[C@@](C)(F)CC3(F)F)c2)nc1. The number of amidine groups is 1. The summed E-state index contributed by atoms with van der Waals surface area (Å²) < 4.78 is 63.5. The van der Waals surface area contributed by atoms with Gasteiger partial charge in [0.1, 0.15) is 11.7 Å². The average Bonchev–Trinajstić information content (AvgIpc) is 2.67. The molecule has 2 aromatic rings. The Morgan fingerprint density at radius 3 is 2.43 bits per heavy atom. The molecule has 10 heteroatoms. The highest BCUT2D eigenvalue weighted by Crippen LogP contribution is 2.50. The Morgan fingerprint density at radius 1 is 1.20 bits per heavy atom. The van der Waals surface area contributed by atoms with Gasteiger partial charge in [-0.2, -0.15) is 0 Å². The van der Waals surface area contributed by atoms with Gasteiger partial charge in [0.25, 0.3) is 5.92 Å². The van der Waals surface area contributed by atoms with Gasteiger partial charge in [-0.3, -0.25) is 9.79 Å². The second kappa shape index (κ2) is 7.33. The summed E-state index contributed by atoms with van der Waals surface area (Å²) >= 11 is 0. The van der Waals surface area contributed by atoms with E-state index in [0.717, 1.165) is 26.0 Å². The van der Waals surface area contributed by atoms with E-state index >= 15 is 0 Å². The fraction of sp³-hybridized carbons (Fsp3) is 0.400. The Labute approximate surface area is 170 Å². The second-order valence-electron chi connectivity index (χ2n) is 7.51. The Kier molecular flexibility index (Phi) is 5.30. The number of ketones is 1. The van der Waals surface area contributed by atoms with Gasteiger partial charge in [-0.25, -0.2) is 27.5 Å². The summed E-state index contributed by atoms with van der Waals surface area (Å²) in [6, 6.07) is 3.36. The molecule has 0 aliphatic carbocycles. The molecule has 1 aliphatic rings. The van der Waals surface area contributed by atoms with E-state index in [1.165, 1.54) is 25.6 Å². The first-order valence-corrected chi connectivity index (χ1v) is 9.00. The Bertz CT molecular complexity index is 1010. The molecule has 1 aliphatic heterocycles. The zero-order chi connectivity index (χ0) is 22.3. The van der Waals surface area contributed by atoms with Gasteiger partial charge in [-0.1, -0.05) is 6.07 Å². The van der Waals surface area contributed by atoms with Crippen LogP contribution in [0, 0.1) is 5.82 Å². The van der Waals surface area contributed by atoms with Gasteiger partial charge < -0.3 is 10.5 Å². The van der Waals surface area contributed by atoms with Crippen LogP contribution in [-0.2, 0) is 12.0 Å². The number of hydrogen-bond donors (Lipinski definition) is 1. The van der Waals surface area contributed by atoms with Crippen molar-refractivity contribution in [3.63, 3.8) is 0 Å². The summed E-state index contributed by atoms with van der Waals surface area (Å²) in [5, 5.41) is 0. The van der Waals surface area contributed by atoms with E-state index in [1.807, 2.05) is 0 Å². The van der Waals surface area contributed by atoms with Crippen LogP contribution < -0.4 is 10.5 Å². The number of Topliss-reactive ketones (excluding diaryl/α,β-unsaturated/α-hetero) is 1. The molecule has 3 rings (SSSR count). The van der Waals surface area contributed by atoms with Crippen LogP contribution in [0.15, 0.2) is 35.6 Å². The van der Waals surface area contributed by atoms with Crippen molar-refractivity contribution in [3.8, 4) is 5.75 Å². The van der Waals surface area contributed by atoms with E-state index in [9.17, 15) is 22.4 Å². The highest BCUT2D eigenvalue weighted by atomic mass is 19.3. The normalized spacial score (nSPS) is 25.5. The van der Waals surface area contributed by atoms with Gasteiger partial charge in [0.05, 0.1) is 25.9 Å². The highest BCUT2D eigenvalue weighted by molar-refractivity contribution is 5.94. The number of alkyl halides is 3. The van der Waals surface area contributed by atoms with Crippen LogP contribution in [-0.4, -0.2) is 40.3 Å². The fourth-order valence-electron chi connectivity index (χ4n) is 3.26. The number of aliphatic imine (C=N–C) groups is 1. The van der Waals surface area contributed by atoms with Crippen molar-refractivity contribution in [1.82, 2.24) is 9.97 Å². The first-order valence-electron chi connectivity index (χ1n) is 9.00. The van der Waals surface area contributed by atoms with Crippen molar-refractivity contribution in [2.45, 2.75) is 43.8 Å². The van der Waals surface area contributed by atoms with Gasteiger partial charge in [0.15, 0.2) is 22.8 Å². The molecule has 1 aromatic heterocycles. The Morgan fingerprint density at radius 2 is 1.83 bits per heavy atom. The van der Waals surface area contributed by atoms with Crippen LogP contribution in [0.5, 0.6) is 5.75 Å². The van der Waals surface area contributed by atoms with Crippen molar-refractivity contribution >= 4 is 11.6 Å². The predicted molar refractivity (Wildman–Crippen MR) is 101 cm³/mol. The predicted octanol–water partition coefficient (Wildman–Crippen LogP) is 3.39. The summed E-state index contributed by atoms with van der Waals surface area (Å²) in [5.74, 6) is -5.57. The smallest absolute Gasteiger partial charge is 0.280 e. The molecule has 0 saturated heterocycles. The van der Waals surface area contributed by atoms with Gasteiger partial charge >= 0.3 is 0 Å². The number of aromatic nitrogens is 2. The lowest BCUT2D eigenvalue weighted by Gasteiger charge is -2.42. The summed E-state index contributed by atoms with van der Waals surface area (Å²) in [7, 11) is 1.42. The third-order valence-electron chi connectivity index (χ3n) is 5.18. The first kappa shape index (κ1) is 21.7. The number of rotatable bonds is 5. The summed E-state index contributed by atoms with van der Waals surface area (Å²) in [6.07, 6.45) is 1.12. The van der Waals surface area contributed by atoms with Gasteiger partial charge in [0, 0.05) is 12.0 Å². The van der Waals surface area contributed by atoms with E-state index in [4.69, 9.17) is 10.5 Å².